The summed E-state index contributed by atoms with van der Waals surface area (Å²) in [5, 5.41) is 9.31. The topological polar surface area (TPSA) is 65.5 Å². The summed E-state index contributed by atoms with van der Waals surface area (Å²) in [6, 6.07) is 7.73. The van der Waals surface area contributed by atoms with Crippen LogP contribution in [0.1, 0.15) is 33.3 Å². The van der Waals surface area contributed by atoms with Crippen LogP contribution in [0, 0.1) is 0 Å². The molecule has 0 saturated heterocycles. The number of benzene rings is 1. The van der Waals surface area contributed by atoms with Gasteiger partial charge in [-0.1, -0.05) is 12.1 Å². The highest BCUT2D eigenvalue weighted by molar-refractivity contribution is 5.88. The lowest BCUT2D eigenvalue weighted by Crippen LogP contribution is -2.47. The number of anilines is 1. The number of carbonyl (C=O) groups excluding carboxylic acids is 1. The quantitative estimate of drug-likeness (QED) is 0.585. The molecule has 0 heterocycles. The van der Waals surface area contributed by atoms with Crippen LogP contribution in [0.2, 0.25) is 0 Å². The zero-order valence-corrected chi connectivity index (χ0v) is 12.9. The second kappa shape index (κ2) is 6.93. The average molecular weight is 276 g/mol. The molecule has 1 aromatic rings. The molecule has 0 unspecified atom stereocenters. The maximum Gasteiger partial charge on any atom is 0.221 e. The maximum absolute atomic E-state index is 11.0. The van der Waals surface area contributed by atoms with E-state index in [1.54, 1.807) is 7.05 Å². The van der Waals surface area contributed by atoms with Crippen LogP contribution in [-0.2, 0) is 11.3 Å². The maximum atomic E-state index is 11.0. The molecule has 0 aliphatic carbocycles. The summed E-state index contributed by atoms with van der Waals surface area (Å²) in [7, 11) is 1.74. The molecule has 0 bridgehead atoms. The van der Waals surface area contributed by atoms with Crippen LogP contribution in [0.5, 0.6) is 0 Å². The van der Waals surface area contributed by atoms with Crippen molar-refractivity contribution in [3.8, 4) is 0 Å². The Kier molecular flexibility index (Phi) is 5.55. The van der Waals surface area contributed by atoms with Crippen molar-refractivity contribution in [2.75, 3.05) is 12.4 Å². The van der Waals surface area contributed by atoms with Gasteiger partial charge in [0.2, 0.25) is 5.91 Å². The van der Waals surface area contributed by atoms with E-state index in [0.29, 0.717) is 6.54 Å². The number of nitrogens with one attached hydrogen (secondary N) is 3. The predicted molar refractivity (Wildman–Crippen MR) is 83.8 cm³/mol. The van der Waals surface area contributed by atoms with Gasteiger partial charge in [0, 0.05) is 31.7 Å². The molecule has 0 atom stereocenters. The fraction of sp³-hybridized carbons (Fsp3) is 0.467. The standard InChI is InChI=1S/C15H24N4O/c1-11(20)18-13-8-6-7-12(9-13)10-17-14(16-5)19-15(2,3)4/h6-9H,10H2,1-5H3,(H,18,20)(H2,16,17,19). The minimum absolute atomic E-state index is 0.0418. The summed E-state index contributed by atoms with van der Waals surface area (Å²) in [6.45, 7) is 8.38. The Morgan fingerprint density at radius 2 is 2.00 bits per heavy atom. The van der Waals surface area contributed by atoms with Crippen molar-refractivity contribution in [3.05, 3.63) is 29.8 Å². The fourth-order valence-electron chi connectivity index (χ4n) is 1.68. The lowest BCUT2D eigenvalue weighted by Gasteiger charge is -2.23. The highest BCUT2D eigenvalue weighted by Gasteiger charge is 2.11. The zero-order valence-electron chi connectivity index (χ0n) is 12.9. The molecule has 1 rings (SSSR count). The van der Waals surface area contributed by atoms with Crippen LogP contribution >= 0.6 is 0 Å². The minimum atomic E-state index is -0.0691. The zero-order chi connectivity index (χ0) is 15.2. The average Bonchev–Trinajstić information content (AvgIpc) is 2.32. The largest absolute Gasteiger partial charge is 0.352 e. The molecule has 1 aromatic carbocycles. The van der Waals surface area contributed by atoms with E-state index in [4.69, 9.17) is 0 Å². The molecular formula is C15H24N4O. The first-order valence-corrected chi connectivity index (χ1v) is 6.65. The van der Waals surface area contributed by atoms with Crippen LogP contribution in [0.4, 0.5) is 5.69 Å². The molecule has 0 fully saturated rings. The Labute approximate surface area is 120 Å². The summed E-state index contributed by atoms with van der Waals surface area (Å²) in [5.41, 5.74) is 1.84. The van der Waals surface area contributed by atoms with Crippen LogP contribution in [0.3, 0.4) is 0 Å². The van der Waals surface area contributed by atoms with Gasteiger partial charge in [-0.3, -0.25) is 9.79 Å². The molecule has 1 amide bonds. The number of aliphatic imine (C=N–C) groups is 1. The Morgan fingerprint density at radius 1 is 1.30 bits per heavy atom. The third kappa shape index (κ3) is 6.22. The lowest BCUT2D eigenvalue weighted by atomic mass is 10.1. The molecule has 0 aliphatic rings. The molecule has 0 aromatic heterocycles. The molecule has 3 N–H and O–H groups in total. The number of nitrogens with zero attached hydrogens (tertiary/aromatic N) is 1. The van der Waals surface area contributed by atoms with Gasteiger partial charge in [-0.05, 0) is 38.5 Å². The third-order valence-electron chi connectivity index (χ3n) is 2.42. The number of hydrogen-bond donors (Lipinski definition) is 3. The van der Waals surface area contributed by atoms with Crippen LogP contribution in [0.15, 0.2) is 29.3 Å². The molecule has 0 radical (unpaired) electrons. The molecule has 110 valence electrons. The van der Waals surface area contributed by atoms with E-state index in [-0.39, 0.29) is 11.4 Å². The van der Waals surface area contributed by atoms with Crippen molar-refractivity contribution in [1.29, 1.82) is 0 Å². The van der Waals surface area contributed by atoms with Crippen LogP contribution < -0.4 is 16.0 Å². The minimum Gasteiger partial charge on any atom is -0.352 e. The second-order valence-corrected chi connectivity index (χ2v) is 5.68. The van der Waals surface area contributed by atoms with E-state index < -0.39 is 0 Å². The van der Waals surface area contributed by atoms with Crippen molar-refractivity contribution in [1.82, 2.24) is 10.6 Å². The van der Waals surface area contributed by atoms with E-state index in [2.05, 4.69) is 41.7 Å². The van der Waals surface area contributed by atoms with Gasteiger partial charge in [0.15, 0.2) is 5.96 Å². The van der Waals surface area contributed by atoms with E-state index in [9.17, 15) is 4.79 Å². The molecule has 5 heteroatoms. The van der Waals surface area contributed by atoms with Crippen molar-refractivity contribution >= 4 is 17.6 Å². The molecule has 0 spiro atoms. The number of carbonyl (C=O) groups is 1. The van der Waals surface area contributed by atoms with E-state index in [1.807, 2.05) is 24.3 Å². The molecule has 0 aliphatic heterocycles. The van der Waals surface area contributed by atoms with Crippen molar-refractivity contribution in [3.63, 3.8) is 0 Å². The summed E-state index contributed by atoms with van der Waals surface area (Å²) >= 11 is 0. The molecule has 0 saturated carbocycles. The molecule has 20 heavy (non-hydrogen) atoms. The van der Waals surface area contributed by atoms with E-state index >= 15 is 0 Å². The van der Waals surface area contributed by atoms with Gasteiger partial charge in [0.25, 0.3) is 0 Å². The normalized spacial score (nSPS) is 11.9. The molecular weight excluding hydrogens is 252 g/mol. The van der Waals surface area contributed by atoms with E-state index in [1.165, 1.54) is 6.92 Å². The highest BCUT2D eigenvalue weighted by Crippen LogP contribution is 2.10. The van der Waals surface area contributed by atoms with Crippen molar-refractivity contribution < 1.29 is 4.79 Å². The number of rotatable bonds is 3. The van der Waals surface area contributed by atoms with Gasteiger partial charge in [0.1, 0.15) is 0 Å². The Bertz CT molecular complexity index is 489. The number of guanidine groups is 1. The first kappa shape index (κ1) is 16.0. The fourth-order valence-corrected chi connectivity index (χ4v) is 1.68. The summed E-state index contributed by atoms with van der Waals surface area (Å²) < 4.78 is 0. The SMILES string of the molecule is CN=C(NCc1cccc(NC(C)=O)c1)NC(C)(C)C. The third-order valence-corrected chi connectivity index (χ3v) is 2.42. The van der Waals surface area contributed by atoms with Gasteiger partial charge in [0.05, 0.1) is 0 Å². The van der Waals surface area contributed by atoms with Gasteiger partial charge < -0.3 is 16.0 Å². The van der Waals surface area contributed by atoms with Crippen LogP contribution in [0.25, 0.3) is 0 Å². The Morgan fingerprint density at radius 3 is 2.55 bits per heavy atom. The monoisotopic (exact) mass is 276 g/mol. The summed E-state index contributed by atoms with van der Waals surface area (Å²) in [4.78, 5) is 15.2. The van der Waals surface area contributed by atoms with Crippen molar-refractivity contribution in [2.45, 2.75) is 39.8 Å². The number of amides is 1. The summed E-state index contributed by atoms with van der Waals surface area (Å²) in [5.74, 6) is 0.683. The Hall–Kier alpha value is -2.04. The van der Waals surface area contributed by atoms with Gasteiger partial charge in [-0.25, -0.2) is 0 Å². The van der Waals surface area contributed by atoms with Gasteiger partial charge in [-0.2, -0.15) is 0 Å². The van der Waals surface area contributed by atoms with Gasteiger partial charge in [-0.15, -0.1) is 0 Å². The van der Waals surface area contributed by atoms with Gasteiger partial charge >= 0.3 is 0 Å². The smallest absolute Gasteiger partial charge is 0.221 e. The second-order valence-electron chi connectivity index (χ2n) is 5.68. The first-order valence-electron chi connectivity index (χ1n) is 6.65. The lowest BCUT2D eigenvalue weighted by molar-refractivity contribution is -0.114. The predicted octanol–water partition coefficient (Wildman–Crippen LogP) is 2.11. The summed E-state index contributed by atoms with van der Waals surface area (Å²) in [6.07, 6.45) is 0. The number of hydrogen-bond acceptors (Lipinski definition) is 2. The molecule has 5 nitrogen and oxygen atoms in total. The Balaban J connectivity index is 2.62. The highest BCUT2D eigenvalue weighted by atomic mass is 16.1. The van der Waals surface area contributed by atoms with E-state index in [0.717, 1.165) is 17.2 Å². The van der Waals surface area contributed by atoms with Crippen molar-refractivity contribution in [2.24, 2.45) is 4.99 Å². The first-order chi connectivity index (χ1) is 9.30. The van der Waals surface area contributed by atoms with Crippen LogP contribution in [-0.4, -0.2) is 24.5 Å².